The average Bonchev–Trinajstić information content (AvgIpc) is 2.46. The Morgan fingerprint density at radius 2 is 0.950 bits per heavy atom. The Kier molecular flexibility index (Phi) is 4.75. The van der Waals surface area contributed by atoms with E-state index in [0.29, 0.717) is 0 Å². The van der Waals surface area contributed by atoms with E-state index in [1.54, 1.807) is 0 Å². The van der Waals surface area contributed by atoms with Gasteiger partial charge in [-0.25, -0.2) is 8.78 Å². The summed E-state index contributed by atoms with van der Waals surface area (Å²) in [5.41, 5.74) is 0.524. The largest absolute Gasteiger partial charge is 0.362 e. The molecule has 2 N–H and O–H groups in total. The van der Waals surface area contributed by atoms with Crippen molar-refractivity contribution in [1.29, 1.82) is 0 Å². The summed E-state index contributed by atoms with van der Waals surface area (Å²) in [6, 6.07) is 9.86. The molecule has 2 aromatic rings. The lowest BCUT2D eigenvalue weighted by atomic mass is 10.2. The Bertz CT molecular complexity index is 491. The lowest BCUT2D eigenvalue weighted by molar-refractivity contribution is -0.431. The van der Waals surface area contributed by atoms with Crippen molar-refractivity contribution in [3.05, 3.63) is 71.3 Å². The van der Waals surface area contributed by atoms with E-state index in [2.05, 4.69) is 9.78 Å². The van der Waals surface area contributed by atoms with Gasteiger partial charge in [-0.05, 0) is 24.3 Å². The molecule has 0 aliphatic carbocycles. The molecule has 0 fully saturated rings. The van der Waals surface area contributed by atoms with E-state index < -0.39 is 24.2 Å². The van der Waals surface area contributed by atoms with Crippen LogP contribution in [0.5, 0.6) is 0 Å². The van der Waals surface area contributed by atoms with Crippen LogP contribution in [0.3, 0.4) is 0 Å². The first-order valence-electron chi connectivity index (χ1n) is 5.75. The van der Waals surface area contributed by atoms with Crippen molar-refractivity contribution in [2.45, 2.75) is 12.6 Å². The zero-order chi connectivity index (χ0) is 14.5. The van der Waals surface area contributed by atoms with Gasteiger partial charge in [-0.15, -0.1) is 0 Å². The zero-order valence-corrected chi connectivity index (χ0v) is 10.2. The molecule has 0 bridgehead atoms. The summed E-state index contributed by atoms with van der Waals surface area (Å²) in [7, 11) is 0. The maximum Gasteiger partial charge on any atom is 0.215 e. The predicted molar refractivity (Wildman–Crippen MR) is 64.9 cm³/mol. The molecule has 0 saturated carbocycles. The summed E-state index contributed by atoms with van der Waals surface area (Å²) in [5.74, 6) is -0.901. The van der Waals surface area contributed by atoms with E-state index >= 15 is 0 Å². The third kappa shape index (κ3) is 3.82. The van der Waals surface area contributed by atoms with Crippen molar-refractivity contribution in [2.24, 2.45) is 0 Å². The molecule has 0 amide bonds. The third-order valence-electron chi connectivity index (χ3n) is 2.55. The van der Waals surface area contributed by atoms with Gasteiger partial charge in [-0.3, -0.25) is 0 Å². The molecule has 0 saturated heterocycles. The Morgan fingerprint density at radius 3 is 1.25 bits per heavy atom. The Balaban J connectivity index is 1.91. The molecular weight excluding hydrogens is 270 g/mol. The number of aliphatic hydroxyl groups excluding tert-OH is 2. The molecular formula is C14H12F2O4. The Labute approximate surface area is 113 Å². The summed E-state index contributed by atoms with van der Waals surface area (Å²) >= 11 is 0. The highest BCUT2D eigenvalue weighted by molar-refractivity contribution is 5.17. The van der Waals surface area contributed by atoms with Crippen molar-refractivity contribution in [1.82, 2.24) is 0 Å². The Morgan fingerprint density at radius 1 is 0.650 bits per heavy atom. The second-order valence-electron chi connectivity index (χ2n) is 4.00. The van der Waals surface area contributed by atoms with Gasteiger partial charge in [-0.1, -0.05) is 24.3 Å². The summed E-state index contributed by atoms with van der Waals surface area (Å²) < 4.78 is 25.4. The highest BCUT2D eigenvalue weighted by atomic mass is 19.1. The predicted octanol–water partition coefficient (Wildman–Crippen LogP) is 2.60. The monoisotopic (exact) mass is 282 g/mol. The molecule has 2 atom stereocenters. The van der Waals surface area contributed by atoms with Crippen LogP contribution in [-0.4, -0.2) is 10.2 Å². The molecule has 0 radical (unpaired) electrons. The molecule has 2 rings (SSSR count). The number of aliphatic hydroxyl groups is 2. The van der Waals surface area contributed by atoms with E-state index in [-0.39, 0.29) is 11.1 Å². The van der Waals surface area contributed by atoms with Crippen LogP contribution in [0, 0.1) is 11.6 Å². The minimum absolute atomic E-state index is 0.262. The maximum atomic E-state index is 12.7. The molecule has 4 nitrogen and oxygen atoms in total. The van der Waals surface area contributed by atoms with Gasteiger partial charge in [-0.2, -0.15) is 9.78 Å². The zero-order valence-electron chi connectivity index (χ0n) is 10.2. The van der Waals surface area contributed by atoms with Crippen LogP contribution in [-0.2, 0) is 9.78 Å². The van der Waals surface area contributed by atoms with Crippen molar-refractivity contribution >= 4 is 0 Å². The fourth-order valence-electron chi connectivity index (χ4n) is 1.47. The summed E-state index contributed by atoms with van der Waals surface area (Å²) in [5, 5.41) is 19.2. The van der Waals surface area contributed by atoms with Gasteiger partial charge in [0.15, 0.2) is 0 Å². The number of hydrogen-bond acceptors (Lipinski definition) is 4. The quantitative estimate of drug-likeness (QED) is 0.503. The molecule has 2 unspecified atom stereocenters. The number of halogens is 2. The molecule has 2 aromatic carbocycles. The van der Waals surface area contributed by atoms with E-state index in [0.717, 1.165) is 24.3 Å². The van der Waals surface area contributed by atoms with Crippen LogP contribution in [0.25, 0.3) is 0 Å². The lowest BCUT2D eigenvalue weighted by Crippen LogP contribution is -2.09. The van der Waals surface area contributed by atoms with Crippen LogP contribution in [0.2, 0.25) is 0 Å². The van der Waals surface area contributed by atoms with Crippen molar-refractivity contribution in [2.75, 3.05) is 0 Å². The van der Waals surface area contributed by atoms with Gasteiger partial charge < -0.3 is 10.2 Å². The van der Waals surface area contributed by atoms with Crippen LogP contribution >= 0.6 is 0 Å². The lowest BCUT2D eigenvalue weighted by Gasteiger charge is -2.15. The fraction of sp³-hybridized carbons (Fsp3) is 0.143. The van der Waals surface area contributed by atoms with Gasteiger partial charge in [0, 0.05) is 11.1 Å². The SMILES string of the molecule is OC(OOC(O)c1ccc(F)cc1)c1ccc(F)cc1. The molecule has 0 spiro atoms. The summed E-state index contributed by atoms with van der Waals surface area (Å²) in [4.78, 5) is 9.21. The van der Waals surface area contributed by atoms with Crippen molar-refractivity contribution in [3.63, 3.8) is 0 Å². The molecule has 6 heteroatoms. The molecule has 20 heavy (non-hydrogen) atoms. The van der Waals surface area contributed by atoms with E-state index in [4.69, 9.17) is 0 Å². The second-order valence-corrected chi connectivity index (χ2v) is 4.00. The molecule has 106 valence electrons. The summed E-state index contributed by atoms with van der Waals surface area (Å²) in [6.07, 6.45) is -2.96. The first-order chi connectivity index (χ1) is 9.56. The maximum absolute atomic E-state index is 12.7. The number of hydrogen-bond donors (Lipinski definition) is 2. The van der Waals surface area contributed by atoms with Crippen molar-refractivity contribution < 1.29 is 28.8 Å². The first kappa shape index (κ1) is 14.5. The van der Waals surface area contributed by atoms with Crippen LogP contribution in [0.15, 0.2) is 48.5 Å². The standard InChI is InChI=1S/C14H12F2O4/c15-11-5-1-9(2-6-11)13(17)19-20-14(18)10-3-7-12(16)8-4-10/h1-8,13-14,17-18H. The van der Waals surface area contributed by atoms with Crippen LogP contribution in [0.4, 0.5) is 8.78 Å². The average molecular weight is 282 g/mol. The van der Waals surface area contributed by atoms with Gasteiger partial charge in [0.25, 0.3) is 0 Å². The smallest absolute Gasteiger partial charge is 0.215 e. The summed E-state index contributed by atoms with van der Waals surface area (Å²) in [6.45, 7) is 0. The topological polar surface area (TPSA) is 58.9 Å². The van der Waals surface area contributed by atoms with Crippen LogP contribution in [0.1, 0.15) is 23.7 Å². The molecule has 0 heterocycles. The van der Waals surface area contributed by atoms with Gasteiger partial charge >= 0.3 is 0 Å². The minimum Gasteiger partial charge on any atom is -0.362 e. The van der Waals surface area contributed by atoms with Crippen molar-refractivity contribution in [3.8, 4) is 0 Å². The third-order valence-corrected chi connectivity index (χ3v) is 2.55. The fourth-order valence-corrected chi connectivity index (χ4v) is 1.47. The van der Waals surface area contributed by atoms with E-state index in [1.807, 2.05) is 0 Å². The first-order valence-corrected chi connectivity index (χ1v) is 5.75. The molecule has 0 aromatic heterocycles. The van der Waals surface area contributed by atoms with Crippen LogP contribution < -0.4 is 0 Å². The highest BCUT2D eigenvalue weighted by Crippen LogP contribution is 2.20. The minimum atomic E-state index is -1.48. The van der Waals surface area contributed by atoms with Gasteiger partial charge in [0.05, 0.1) is 0 Å². The van der Waals surface area contributed by atoms with Gasteiger partial charge in [0.1, 0.15) is 11.6 Å². The Hall–Kier alpha value is -1.86. The molecule has 0 aliphatic heterocycles. The number of benzene rings is 2. The molecule has 0 aliphatic rings. The van der Waals surface area contributed by atoms with E-state index in [9.17, 15) is 19.0 Å². The normalized spacial score (nSPS) is 14.0. The highest BCUT2D eigenvalue weighted by Gasteiger charge is 2.14. The number of rotatable bonds is 5. The van der Waals surface area contributed by atoms with Gasteiger partial charge in [0.2, 0.25) is 12.6 Å². The second kappa shape index (κ2) is 6.53. The van der Waals surface area contributed by atoms with E-state index in [1.165, 1.54) is 24.3 Å².